The third kappa shape index (κ3) is 3.73. The van der Waals surface area contributed by atoms with Crippen LogP contribution in [0.2, 0.25) is 0 Å². The molecule has 0 saturated carbocycles. The van der Waals surface area contributed by atoms with Crippen LogP contribution in [0.5, 0.6) is 5.75 Å². The first-order valence-corrected chi connectivity index (χ1v) is 8.23. The Morgan fingerprint density at radius 1 is 1.13 bits per heavy atom. The highest BCUT2D eigenvalue weighted by atomic mass is 16.5. The first-order chi connectivity index (χ1) is 11.1. The van der Waals surface area contributed by atoms with E-state index in [0.717, 1.165) is 36.4 Å². The van der Waals surface area contributed by atoms with Gasteiger partial charge >= 0.3 is 0 Å². The molecule has 23 heavy (non-hydrogen) atoms. The van der Waals surface area contributed by atoms with Gasteiger partial charge in [-0.2, -0.15) is 0 Å². The van der Waals surface area contributed by atoms with Gasteiger partial charge in [-0.25, -0.2) is 0 Å². The van der Waals surface area contributed by atoms with Crippen LogP contribution in [-0.2, 0) is 11.2 Å². The van der Waals surface area contributed by atoms with Gasteiger partial charge in [0.1, 0.15) is 5.75 Å². The second-order valence-electron chi connectivity index (χ2n) is 6.20. The van der Waals surface area contributed by atoms with Gasteiger partial charge in [-0.15, -0.1) is 0 Å². The molecule has 0 unspecified atom stereocenters. The molecule has 1 amide bonds. The van der Waals surface area contributed by atoms with Crippen LogP contribution in [0.3, 0.4) is 0 Å². The number of fused-ring (bicyclic) bond motifs is 1. The quantitative estimate of drug-likeness (QED) is 0.852. The van der Waals surface area contributed by atoms with Crippen molar-refractivity contribution in [3.63, 3.8) is 0 Å². The highest BCUT2D eigenvalue weighted by Gasteiger charge is 2.22. The van der Waals surface area contributed by atoms with Crippen molar-refractivity contribution < 1.29 is 9.53 Å². The van der Waals surface area contributed by atoms with E-state index in [9.17, 15) is 4.79 Å². The van der Waals surface area contributed by atoms with Crippen molar-refractivity contribution in [3.05, 3.63) is 59.2 Å². The van der Waals surface area contributed by atoms with Crippen LogP contribution < -0.4 is 9.64 Å². The van der Waals surface area contributed by atoms with Gasteiger partial charge < -0.3 is 9.64 Å². The van der Waals surface area contributed by atoms with Crippen LogP contribution >= 0.6 is 0 Å². The predicted molar refractivity (Wildman–Crippen MR) is 93.1 cm³/mol. The van der Waals surface area contributed by atoms with Crippen molar-refractivity contribution in [2.45, 2.75) is 33.1 Å². The van der Waals surface area contributed by atoms with E-state index >= 15 is 0 Å². The number of aryl methyl sites for hydroxylation is 3. The number of benzene rings is 2. The van der Waals surface area contributed by atoms with Crippen LogP contribution in [-0.4, -0.2) is 19.1 Å². The lowest BCUT2D eigenvalue weighted by molar-refractivity contribution is -0.119. The van der Waals surface area contributed by atoms with Gasteiger partial charge in [0.05, 0.1) is 13.0 Å². The molecular formula is C20H23NO2. The molecule has 3 heteroatoms. The minimum Gasteiger partial charge on any atom is -0.493 e. The highest BCUT2D eigenvalue weighted by Crippen LogP contribution is 2.28. The molecule has 0 fully saturated rings. The fourth-order valence-electron chi connectivity index (χ4n) is 3.08. The number of nitrogens with zero attached hydrogens (tertiary/aromatic N) is 1. The van der Waals surface area contributed by atoms with Gasteiger partial charge in [-0.1, -0.05) is 29.8 Å². The number of hydrogen-bond acceptors (Lipinski definition) is 2. The maximum atomic E-state index is 12.5. The zero-order valence-electron chi connectivity index (χ0n) is 13.8. The molecule has 0 aliphatic carbocycles. The van der Waals surface area contributed by atoms with E-state index in [1.54, 1.807) is 0 Å². The van der Waals surface area contributed by atoms with Crippen molar-refractivity contribution in [3.8, 4) is 5.75 Å². The first-order valence-electron chi connectivity index (χ1n) is 8.23. The van der Waals surface area contributed by atoms with Gasteiger partial charge in [0.15, 0.2) is 0 Å². The Balaban J connectivity index is 1.61. The number of amides is 1. The summed E-state index contributed by atoms with van der Waals surface area (Å²) in [6, 6.07) is 14.3. The summed E-state index contributed by atoms with van der Waals surface area (Å²) in [6.45, 7) is 5.35. The van der Waals surface area contributed by atoms with Crippen molar-refractivity contribution in [1.29, 1.82) is 0 Å². The zero-order valence-corrected chi connectivity index (χ0v) is 13.8. The van der Waals surface area contributed by atoms with Crippen LogP contribution in [0.4, 0.5) is 5.69 Å². The monoisotopic (exact) mass is 309 g/mol. The summed E-state index contributed by atoms with van der Waals surface area (Å²) in [7, 11) is 0. The van der Waals surface area contributed by atoms with E-state index < -0.39 is 0 Å². The van der Waals surface area contributed by atoms with Crippen molar-refractivity contribution in [1.82, 2.24) is 0 Å². The van der Waals surface area contributed by atoms with Crippen molar-refractivity contribution in [2.24, 2.45) is 0 Å². The molecule has 3 nitrogen and oxygen atoms in total. The summed E-state index contributed by atoms with van der Waals surface area (Å²) in [5.74, 6) is 0.968. The maximum absolute atomic E-state index is 12.5. The Morgan fingerprint density at radius 2 is 1.96 bits per heavy atom. The third-order valence-corrected chi connectivity index (χ3v) is 4.23. The number of ether oxygens (including phenoxy) is 1. The second kappa shape index (κ2) is 6.86. The Kier molecular flexibility index (Phi) is 4.65. The fraction of sp³-hybridized carbons (Fsp3) is 0.350. The van der Waals surface area contributed by atoms with Crippen LogP contribution in [0, 0.1) is 13.8 Å². The van der Waals surface area contributed by atoms with Crippen LogP contribution in [0.1, 0.15) is 29.5 Å². The molecule has 0 N–H and O–H groups in total. The van der Waals surface area contributed by atoms with E-state index in [1.165, 1.54) is 11.1 Å². The van der Waals surface area contributed by atoms with E-state index in [0.29, 0.717) is 13.0 Å². The predicted octanol–water partition coefficient (Wildman–Crippen LogP) is 4.05. The van der Waals surface area contributed by atoms with Crippen molar-refractivity contribution >= 4 is 11.6 Å². The fourth-order valence-corrected chi connectivity index (χ4v) is 3.08. The van der Waals surface area contributed by atoms with Gasteiger partial charge in [-0.05, 0) is 56.0 Å². The largest absolute Gasteiger partial charge is 0.493 e. The third-order valence-electron chi connectivity index (χ3n) is 4.23. The second-order valence-corrected chi connectivity index (χ2v) is 6.20. The molecule has 3 rings (SSSR count). The molecule has 1 aliphatic rings. The zero-order chi connectivity index (χ0) is 16.2. The van der Waals surface area contributed by atoms with E-state index in [1.807, 2.05) is 36.1 Å². The van der Waals surface area contributed by atoms with Gasteiger partial charge in [0.25, 0.3) is 0 Å². The summed E-state index contributed by atoms with van der Waals surface area (Å²) >= 11 is 0. The average molecular weight is 309 g/mol. The molecule has 2 aromatic rings. The Labute approximate surface area is 137 Å². The first kappa shape index (κ1) is 15.6. The van der Waals surface area contributed by atoms with Crippen LogP contribution in [0.25, 0.3) is 0 Å². The minimum absolute atomic E-state index is 0.141. The SMILES string of the molecule is Cc1cccc(OCCC(=O)N2CCCc3cc(C)ccc32)c1. The maximum Gasteiger partial charge on any atom is 0.230 e. The number of anilines is 1. The van der Waals surface area contributed by atoms with E-state index in [2.05, 4.69) is 25.1 Å². The van der Waals surface area contributed by atoms with E-state index in [4.69, 9.17) is 4.74 Å². The number of hydrogen-bond donors (Lipinski definition) is 0. The standard InChI is InChI=1S/C20H23NO2/c1-15-5-3-7-18(14-15)23-12-10-20(22)21-11-4-6-17-13-16(2)8-9-19(17)21/h3,5,7-9,13-14H,4,6,10-12H2,1-2H3. The molecular weight excluding hydrogens is 286 g/mol. The normalized spacial score (nSPS) is 13.6. The molecule has 2 aromatic carbocycles. The lowest BCUT2D eigenvalue weighted by Crippen LogP contribution is -2.36. The van der Waals surface area contributed by atoms with E-state index in [-0.39, 0.29) is 5.91 Å². The molecule has 1 heterocycles. The van der Waals surface area contributed by atoms with Crippen LogP contribution in [0.15, 0.2) is 42.5 Å². The Bertz CT molecular complexity index is 709. The lowest BCUT2D eigenvalue weighted by atomic mass is 9.99. The number of carbonyl (C=O) groups is 1. The Hall–Kier alpha value is -2.29. The number of carbonyl (C=O) groups excluding carboxylic acids is 1. The molecule has 0 atom stereocenters. The highest BCUT2D eigenvalue weighted by molar-refractivity contribution is 5.94. The van der Waals surface area contributed by atoms with Crippen molar-refractivity contribution in [2.75, 3.05) is 18.1 Å². The number of rotatable bonds is 4. The molecule has 1 aliphatic heterocycles. The summed E-state index contributed by atoms with van der Waals surface area (Å²) in [6.07, 6.45) is 2.49. The van der Waals surface area contributed by atoms with Gasteiger partial charge in [-0.3, -0.25) is 4.79 Å². The summed E-state index contributed by atoms with van der Waals surface area (Å²) in [4.78, 5) is 14.5. The molecule has 0 bridgehead atoms. The summed E-state index contributed by atoms with van der Waals surface area (Å²) < 4.78 is 5.71. The Morgan fingerprint density at radius 3 is 2.78 bits per heavy atom. The molecule has 0 aromatic heterocycles. The average Bonchev–Trinajstić information content (AvgIpc) is 2.54. The molecule has 0 radical (unpaired) electrons. The molecule has 0 saturated heterocycles. The topological polar surface area (TPSA) is 29.5 Å². The lowest BCUT2D eigenvalue weighted by Gasteiger charge is -2.30. The van der Waals surface area contributed by atoms with Gasteiger partial charge in [0.2, 0.25) is 5.91 Å². The summed E-state index contributed by atoms with van der Waals surface area (Å²) in [5.41, 5.74) is 4.77. The minimum atomic E-state index is 0.141. The molecule has 120 valence electrons. The summed E-state index contributed by atoms with van der Waals surface area (Å²) in [5, 5.41) is 0. The molecule has 0 spiro atoms. The van der Waals surface area contributed by atoms with Gasteiger partial charge in [0, 0.05) is 12.2 Å². The smallest absolute Gasteiger partial charge is 0.230 e.